The first-order chi connectivity index (χ1) is 15.5. The van der Waals surface area contributed by atoms with Crippen LogP contribution in [0.15, 0.2) is 75.9 Å². The van der Waals surface area contributed by atoms with Crippen LogP contribution in [0.2, 0.25) is 0 Å². The highest BCUT2D eigenvalue weighted by molar-refractivity contribution is 6.08. The summed E-state index contributed by atoms with van der Waals surface area (Å²) in [6.07, 6.45) is 0. The smallest absolute Gasteiger partial charge is 0.263 e. The van der Waals surface area contributed by atoms with Gasteiger partial charge in [0.15, 0.2) is 5.43 Å². The van der Waals surface area contributed by atoms with Gasteiger partial charge in [-0.05, 0) is 48.5 Å². The van der Waals surface area contributed by atoms with Crippen LogP contribution in [0.25, 0.3) is 22.3 Å². The molecule has 7 nitrogen and oxygen atoms in total. The van der Waals surface area contributed by atoms with Gasteiger partial charge in [0.05, 0.1) is 26.7 Å². The van der Waals surface area contributed by atoms with Crippen LogP contribution < -0.4 is 25.0 Å². The molecule has 0 fully saturated rings. The van der Waals surface area contributed by atoms with Crippen molar-refractivity contribution in [2.45, 2.75) is 0 Å². The van der Waals surface area contributed by atoms with Crippen LogP contribution in [0.3, 0.4) is 0 Å². The van der Waals surface area contributed by atoms with Gasteiger partial charge in [-0.15, -0.1) is 0 Å². The van der Waals surface area contributed by atoms with E-state index in [1.165, 1.54) is 20.3 Å². The molecule has 0 aliphatic carbocycles. The number of methoxy groups -OCH3 is 3. The molecule has 0 atom stereocenters. The fraction of sp³-hybridized carbons (Fsp3) is 0.120. The summed E-state index contributed by atoms with van der Waals surface area (Å²) in [7, 11) is 4.55. The van der Waals surface area contributed by atoms with Crippen molar-refractivity contribution in [2.24, 2.45) is 0 Å². The SMILES string of the molecule is COc1ccc(-c2cc(=O)c3ccc(NC(=O)c4c(OC)cccc4OC)cc3o2)cc1. The van der Waals surface area contributed by atoms with Crippen molar-refractivity contribution in [1.29, 1.82) is 0 Å². The minimum atomic E-state index is -0.410. The molecule has 4 rings (SSSR count). The first-order valence-electron chi connectivity index (χ1n) is 9.78. The van der Waals surface area contributed by atoms with E-state index >= 15 is 0 Å². The molecule has 0 spiro atoms. The minimum absolute atomic E-state index is 0.179. The quantitative estimate of drug-likeness (QED) is 0.475. The van der Waals surface area contributed by atoms with Gasteiger partial charge in [-0.2, -0.15) is 0 Å². The van der Waals surface area contributed by atoms with Crippen molar-refractivity contribution in [3.63, 3.8) is 0 Å². The van der Waals surface area contributed by atoms with E-state index in [9.17, 15) is 9.59 Å². The molecule has 0 saturated carbocycles. The molecule has 0 bridgehead atoms. The van der Waals surface area contributed by atoms with Gasteiger partial charge in [0, 0.05) is 23.4 Å². The van der Waals surface area contributed by atoms with Gasteiger partial charge >= 0.3 is 0 Å². The predicted molar refractivity (Wildman–Crippen MR) is 122 cm³/mol. The van der Waals surface area contributed by atoms with Gasteiger partial charge in [0.1, 0.15) is 34.2 Å². The van der Waals surface area contributed by atoms with Crippen LogP contribution in [-0.4, -0.2) is 27.2 Å². The van der Waals surface area contributed by atoms with Gasteiger partial charge in [0.25, 0.3) is 5.91 Å². The Labute approximate surface area is 184 Å². The largest absolute Gasteiger partial charge is 0.497 e. The van der Waals surface area contributed by atoms with Crippen LogP contribution in [0, 0.1) is 0 Å². The Morgan fingerprint density at radius 1 is 0.844 bits per heavy atom. The molecule has 3 aromatic carbocycles. The third kappa shape index (κ3) is 4.00. The fourth-order valence-corrected chi connectivity index (χ4v) is 3.40. The third-order valence-corrected chi connectivity index (χ3v) is 5.02. The lowest BCUT2D eigenvalue weighted by Gasteiger charge is -2.13. The van der Waals surface area contributed by atoms with Gasteiger partial charge in [-0.3, -0.25) is 9.59 Å². The maximum Gasteiger partial charge on any atom is 0.263 e. The summed E-state index contributed by atoms with van der Waals surface area (Å²) in [6, 6.07) is 18.6. The van der Waals surface area contributed by atoms with Crippen LogP contribution in [-0.2, 0) is 0 Å². The Morgan fingerprint density at radius 2 is 1.53 bits per heavy atom. The predicted octanol–water partition coefficient (Wildman–Crippen LogP) is 4.74. The normalized spacial score (nSPS) is 10.6. The zero-order valence-corrected chi connectivity index (χ0v) is 17.8. The van der Waals surface area contributed by atoms with Crippen LogP contribution in [0.1, 0.15) is 10.4 Å². The molecular weight excluding hydrogens is 410 g/mol. The van der Waals surface area contributed by atoms with Crippen molar-refractivity contribution >= 4 is 22.6 Å². The highest BCUT2D eigenvalue weighted by Gasteiger charge is 2.19. The van der Waals surface area contributed by atoms with Gasteiger partial charge in [-0.1, -0.05) is 6.07 Å². The van der Waals surface area contributed by atoms with E-state index in [1.54, 1.807) is 55.6 Å². The third-order valence-electron chi connectivity index (χ3n) is 5.02. The summed E-state index contributed by atoms with van der Waals surface area (Å²) >= 11 is 0. The molecule has 1 N–H and O–H groups in total. The summed E-state index contributed by atoms with van der Waals surface area (Å²) in [5, 5.41) is 3.23. The maximum absolute atomic E-state index is 13.0. The second-order valence-corrected chi connectivity index (χ2v) is 6.91. The highest BCUT2D eigenvalue weighted by atomic mass is 16.5. The van der Waals surface area contributed by atoms with E-state index in [1.807, 2.05) is 12.1 Å². The number of ether oxygens (including phenoxy) is 3. The molecule has 0 aliphatic rings. The second kappa shape index (κ2) is 8.85. The average molecular weight is 431 g/mol. The number of carbonyl (C=O) groups excluding carboxylic acids is 1. The lowest BCUT2D eigenvalue weighted by Crippen LogP contribution is -2.14. The summed E-state index contributed by atoms with van der Waals surface area (Å²) in [4.78, 5) is 25.6. The van der Waals surface area contributed by atoms with E-state index in [0.717, 1.165) is 5.56 Å². The van der Waals surface area contributed by atoms with Crippen molar-refractivity contribution in [1.82, 2.24) is 0 Å². The Morgan fingerprint density at radius 3 is 2.16 bits per heavy atom. The number of nitrogens with one attached hydrogen (secondary N) is 1. The molecule has 0 radical (unpaired) electrons. The van der Waals surface area contributed by atoms with Crippen molar-refractivity contribution in [3.8, 4) is 28.6 Å². The maximum atomic E-state index is 13.0. The Kier molecular flexibility index (Phi) is 5.81. The molecule has 7 heteroatoms. The number of benzene rings is 3. The van der Waals surface area contributed by atoms with Gasteiger partial charge in [-0.25, -0.2) is 0 Å². The van der Waals surface area contributed by atoms with Crippen LogP contribution >= 0.6 is 0 Å². The van der Waals surface area contributed by atoms with E-state index in [0.29, 0.717) is 39.7 Å². The first kappa shape index (κ1) is 21.0. The number of amides is 1. The van der Waals surface area contributed by atoms with E-state index in [2.05, 4.69) is 5.32 Å². The van der Waals surface area contributed by atoms with Crippen molar-refractivity contribution in [3.05, 3.63) is 82.5 Å². The van der Waals surface area contributed by atoms with Crippen LogP contribution in [0.5, 0.6) is 17.2 Å². The molecule has 0 aliphatic heterocycles. The van der Waals surface area contributed by atoms with E-state index in [-0.39, 0.29) is 11.0 Å². The standard InChI is InChI=1S/C25H21NO6/c1-29-17-10-7-15(8-11-17)22-14-19(27)18-12-9-16(13-23(18)32-22)26-25(28)24-20(30-2)5-4-6-21(24)31-3/h4-14H,1-3H3,(H,26,28). The lowest BCUT2D eigenvalue weighted by atomic mass is 10.1. The number of fused-ring (bicyclic) bond motifs is 1. The zero-order chi connectivity index (χ0) is 22.7. The number of hydrogen-bond acceptors (Lipinski definition) is 6. The van der Waals surface area contributed by atoms with Gasteiger partial charge in [0.2, 0.25) is 0 Å². The number of anilines is 1. The fourth-order valence-electron chi connectivity index (χ4n) is 3.40. The molecule has 0 saturated heterocycles. The monoisotopic (exact) mass is 431 g/mol. The number of carbonyl (C=O) groups is 1. The summed E-state index contributed by atoms with van der Waals surface area (Å²) in [5.41, 5.74) is 1.64. The average Bonchev–Trinajstić information content (AvgIpc) is 2.83. The highest BCUT2D eigenvalue weighted by Crippen LogP contribution is 2.30. The van der Waals surface area contributed by atoms with Crippen molar-refractivity contribution in [2.75, 3.05) is 26.6 Å². The number of rotatable bonds is 6. The minimum Gasteiger partial charge on any atom is -0.497 e. The molecule has 0 unspecified atom stereocenters. The Balaban J connectivity index is 1.70. The van der Waals surface area contributed by atoms with Gasteiger partial charge < -0.3 is 23.9 Å². The zero-order valence-electron chi connectivity index (χ0n) is 17.8. The van der Waals surface area contributed by atoms with E-state index < -0.39 is 5.91 Å². The topological polar surface area (TPSA) is 87.0 Å². The van der Waals surface area contributed by atoms with Crippen molar-refractivity contribution < 1.29 is 23.4 Å². The molecule has 4 aromatic rings. The van der Waals surface area contributed by atoms with E-state index in [4.69, 9.17) is 18.6 Å². The molecule has 1 aromatic heterocycles. The summed E-state index contributed by atoms with van der Waals surface area (Å²) in [6.45, 7) is 0. The Bertz CT molecular complexity index is 1320. The second-order valence-electron chi connectivity index (χ2n) is 6.91. The number of hydrogen-bond donors (Lipinski definition) is 1. The molecule has 32 heavy (non-hydrogen) atoms. The first-order valence-corrected chi connectivity index (χ1v) is 9.78. The lowest BCUT2D eigenvalue weighted by molar-refractivity contribution is 0.102. The molecule has 1 amide bonds. The molecule has 162 valence electrons. The summed E-state index contributed by atoms with van der Waals surface area (Å²) in [5.74, 6) is 1.48. The molecular formula is C25H21NO6. The molecule has 1 heterocycles. The Hall–Kier alpha value is -4.26. The summed E-state index contributed by atoms with van der Waals surface area (Å²) < 4.78 is 21.8. The van der Waals surface area contributed by atoms with Crippen LogP contribution in [0.4, 0.5) is 5.69 Å².